The van der Waals surface area contributed by atoms with Gasteiger partial charge in [-0.15, -0.1) is 0 Å². The van der Waals surface area contributed by atoms with Crippen molar-refractivity contribution in [2.75, 3.05) is 16.2 Å². The van der Waals surface area contributed by atoms with Crippen molar-refractivity contribution in [3.8, 4) is 0 Å². The molecule has 0 aliphatic carbocycles. The SMILES string of the molecule is O=C(CN(c1ccccc1)S(=O)(=O)c1ccc(Cl)c([N+](=O)[O-])c1)Nc1ccc(F)cc1. The molecule has 1 amide bonds. The van der Waals surface area contributed by atoms with E-state index in [-0.39, 0.29) is 16.4 Å². The van der Waals surface area contributed by atoms with Crippen LogP contribution in [0.3, 0.4) is 0 Å². The van der Waals surface area contributed by atoms with Gasteiger partial charge in [-0.3, -0.25) is 19.2 Å². The fourth-order valence-electron chi connectivity index (χ4n) is 2.69. The van der Waals surface area contributed by atoms with Crippen molar-refractivity contribution in [3.63, 3.8) is 0 Å². The first-order valence-electron chi connectivity index (χ1n) is 8.75. The highest BCUT2D eigenvalue weighted by Crippen LogP contribution is 2.30. The Morgan fingerprint density at radius 2 is 1.71 bits per heavy atom. The van der Waals surface area contributed by atoms with Gasteiger partial charge in [0, 0.05) is 11.8 Å². The van der Waals surface area contributed by atoms with Gasteiger partial charge < -0.3 is 5.32 Å². The van der Waals surface area contributed by atoms with Crippen molar-refractivity contribution >= 4 is 44.6 Å². The van der Waals surface area contributed by atoms with Gasteiger partial charge in [0.15, 0.2) is 0 Å². The number of carbonyl (C=O) groups is 1. The molecular formula is C20H15ClFN3O5S. The van der Waals surface area contributed by atoms with E-state index >= 15 is 0 Å². The Bertz CT molecular complexity index is 1220. The van der Waals surface area contributed by atoms with Crippen LogP contribution in [-0.2, 0) is 14.8 Å². The summed E-state index contributed by atoms with van der Waals surface area (Å²) in [6.45, 7) is -0.625. The number of nitro groups is 1. The van der Waals surface area contributed by atoms with E-state index in [1.54, 1.807) is 18.2 Å². The normalized spacial score (nSPS) is 11.0. The third-order valence-corrected chi connectivity index (χ3v) is 6.25. The molecule has 0 saturated carbocycles. The Kier molecular flexibility index (Phi) is 6.52. The van der Waals surface area contributed by atoms with E-state index in [2.05, 4.69) is 5.32 Å². The van der Waals surface area contributed by atoms with E-state index < -0.39 is 43.8 Å². The van der Waals surface area contributed by atoms with E-state index in [0.29, 0.717) is 0 Å². The zero-order chi connectivity index (χ0) is 22.6. The average Bonchev–Trinajstić information content (AvgIpc) is 2.74. The molecule has 1 N–H and O–H groups in total. The predicted molar refractivity (Wildman–Crippen MR) is 114 cm³/mol. The van der Waals surface area contributed by atoms with Gasteiger partial charge in [-0.2, -0.15) is 0 Å². The number of anilines is 2. The van der Waals surface area contributed by atoms with E-state index in [9.17, 15) is 27.7 Å². The number of para-hydroxylation sites is 1. The van der Waals surface area contributed by atoms with Crippen molar-refractivity contribution in [3.05, 3.63) is 93.8 Å². The Hall–Kier alpha value is -3.50. The van der Waals surface area contributed by atoms with E-state index in [1.165, 1.54) is 24.3 Å². The number of benzene rings is 3. The minimum atomic E-state index is -4.37. The second kappa shape index (κ2) is 9.11. The molecule has 3 aromatic carbocycles. The van der Waals surface area contributed by atoms with Gasteiger partial charge in [0.05, 0.1) is 15.5 Å². The summed E-state index contributed by atoms with van der Waals surface area (Å²) in [7, 11) is -4.37. The van der Waals surface area contributed by atoms with Crippen LogP contribution in [0.1, 0.15) is 0 Å². The number of hydrogen-bond donors (Lipinski definition) is 1. The number of nitro benzene ring substituents is 1. The fourth-order valence-corrected chi connectivity index (χ4v) is 4.32. The maximum absolute atomic E-state index is 13.3. The van der Waals surface area contributed by atoms with Crippen molar-refractivity contribution in [1.82, 2.24) is 0 Å². The molecule has 0 bridgehead atoms. The fraction of sp³-hybridized carbons (Fsp3) is 0.0500. The number of nitrogens with one attached hydrogen (secondary N) is 1. The van der Waals surface area contributed by atoms with Crippen LogP contribution >= 0.6 is 11.6 Å². The van der Waals surface area contributed by atoms with Crippen molar-refractivity contribution < 1.29 is 22.5 Å². The van der Waals surface area contributed by atoms with Crippen molar-refractivity contribution in [1.29, 1.82) is 0 Å². The number of amides is 1. The van der Waals surface area contributed by atoms with Gasteiger partial charge in [0.1, 0.15) is 17.4 Å². The third-order valence-electron chi connectivity index (χ3n) is 4.16. The molecule has 8 nitrogen and oxygen atoms in total. The number of nitrogens with zero attached hydrogens (tertiary/aromatic N) is 2. The molecule has 0 aliphatic heterocycles. The molecule has 0 unspecified atom stereocenters. The van der Waals surface area contributed by atoms with Crippen molar-refractivity contribution in [2.24, 2.45) is 0 Å². The summed E-state index contributed by atoms with van der Waals surface area (Å²) in [6.07, 6.45) is 0. The van der Waals surface area contributed by atoms with Crippen LogP contribution in [0.5, 0.6) is 0 Å². The molecule has 0 fully saturated rings. The molecule has 31 heavy (non-hydrogen) atoms. The summed E-state index contributed by atoms with van der Waals surface area (Å²) < 4.78 is 40.4. The molecule has 0 aliphatic rings. The number of hydrogen-bond acceptors (Lipinski definition) is 5. The molecule has 0 heterocycles. The lowest BCUT2D eigenvalue weighted by Crippen LogP contribution is -2.38. The largest absolute Gasteiger partial charge is 0.325 e. The Balaban J connectivity index is 1.97. The highest BCUT2D eigenvalue weighted by atomic mass is 35.5. The van der Waals surface area contributed by atoms with E-state index in [4.69, 9.17) is 11.6 Å². The van der Waals surface area contributed by atoms with E-state index in [1.807, 2.05) is 0 Å². The van der Waals surface area contributed by atoms with Crippen LogP contribution in [0.15, 0.2) is 77.7 Å². The molecular weight excluding hydrogens is 449 g/mol. The predicted octanol–water partition coefficient (Wildman–Crippen LogP) is 4.22. The summed E-state index contributed by atoms with van der Waals surface area (Å²) in [5, 5.41) is 13.4. The van der Waals surface area contributed by atoms with Crippen LogP contribution in [0, 0.1) is 15.9 Å². The minimum absolute atomic E-state index is 0.175. The maximum atomic E-state index is 13.3. The molecule has 0 aromatic heterocycles. The smallest absolute Gasteiger partial charge is 0.289 e. The first kappa shape index (κ1) is 22.2. The molecule has 0 saturated heterocycles. The monoisotopic (exact) mass is 463 g/mol. The number of carbonyl (C=O) groups excluding carboxylic acids is 1. The van der Waals surface area contributed by atoms with Crippen LogP contribution in [0.25, 0.3) is 0 Å². The lowest BCUT2D eigenvalue weighted by molar-refractivity contribution is -0.384. The Morgan fingerprint density at radius 1 is 1.06 bits per heavy atom. The zero-order valence-electron chi connectivity index (χ0n) is 15.7. The minimum Gasteiger partial charge on any atom is -0.325 e. The number of rotatable bonds is 7. The van der Waals surface area contributed by atoms with Gasteiger partial charge in [-0.1, -0.05) is 29.8 Å². The van der Waals surface area contributed by atoms with Crippen LogP contribution < -0.4 is 9.62 Å². The standard InChI is InChI=1S/C20H15ClFN3O5S/c21-18-11-10-17(12-19(18)25(27)28)31(29,30)24(16-4-2-1-3-5-16)13-20(26)23-15-8-6-14(22)7-9-15/h1-12H,13H2,(H,23,26). The number of sulfonamides is 1. The lowest BCUT2D eigenvalue weighted by atomic mass is 10.3. The summed E-state index contributed by atoms with van der Waals surface area (Å²) in [5.74, 6) is -1.18. The summed E-state index contributed by atoms with van der Waals surface area (Å²) in [5.41, 5.74) is -0.125. The van der Waals surface area contributed by atoms with Gasteiger partial charge in [0.25, 0.3) is 15.7 Å². The molecule has 0 radical (unpaired) electrons. The Labute approximate surface area is 182 Å². The maximum Gasteiger partial charge on any atom is 0.289 e. The molecule has 0 atom stereocenters. The summed E-state index contributed by atoms with van der Waals surface area (Å²) >= 11 is 5.78. The summed E-state index contributed by atoms with van der Waals surface area (Å²) in [6, 6.07) is 15.8. The Morgan fingerprint density at radius 3 is 2.32 bits per heavy atom. The molecule has 3 rings (SSSR count). The van der Waals surface area contributed by atoms with Crippen LogP contribution in [0.2, 0.25) is 5.02 Å². The van der Waals surface area contributed by atoms with Crippen LogP contribution in [0.4, 0.5) is 21.5 Å². The number of halogens is 2. The quantitative estimate of drug-likeness (QED) is 0.416. The highest BCUT2D eigenvalue weighted by molar-refractivity contribution is 7.92. The topological polar surface area (TPSA) is 110 Å². The van der Waals surface area contributed by atoms with Gasteiger partial charge in [0.2, 0.25) is 5.91 Å². The van der Waals surface area contributed by atoms with Gasteiger partial charge in [-0.25, -0.2) is 12.8 Å². The second-order valence-electron chi connectivity index (χ2n) is 6.27. The second-order valence-corrected chi connectivity index (χ2v) is 8.54. The first-order chi connectivity index (χ1) is 14.7. The van der Waals surface area contributed by atoms with E-state index in [0.717, 1.165) is 34.6 Å². The molecule has 0 spiro atoms. The average molecular weight is 464 g/mol. The first-order valence-corrected chi connectivity index (χ1v) is 10.6. The molecule has 11 heteroatoms. The molecule has 3 aromatic rings. The van der Waals surface area contributed by atoms with Crippen LogP contribution in [-0.4, -0.2) is 25.8 Å². The third kappa shape index (κ3) is 5.16. The van der Waals surface area contributed by atoms with Crippen molar-refractivity contribution in [2.45, 2.75) is 4.90 Å². The zero-order valence-corrected chi connectivity index (χ0v) is 17.3. The highest BCUT2D eigenvalue weighted by Gasteiger charge is 2.29. The van der Waals surface area contributed by atoms with Gasteiger partial charge in [-0.05, 0) is 48.5 Å². The summed E-state index contributed by atoms with van der Waals surface area (Å²) in [4.78, 5) is 22.5. The molecule has 160 valence electrons. The lowest BCUT2D eigenvalue weighted by Gasteiger charge is -2.24. The van der Waals surface area contributed by atoms with Gasteiger partial charge >= 0.3 is 0 Å².